The molecule has 10 nitrogen and oxygen atoms in total. The number of halogens is 1. The van der Waals surface area contributed by atoms with Crippen molar-refractivity contribution in [1.29, 1.82) is 0 Å². The third-order valence-corrected chi connectivity index (χ3v) is 7.58. The van der Waals surface area contributed by atoms with E-state index in [0.29, 0.717) is 46.4 Å². The molecule has 1 saturated heterocycles. The number of rotatable bonds is 4. The lowest BCUT2D eigenvalue weighted by molar-refractivity contribution is -0.172. The summed E-state index contributed by atoms with van der Waals surface area (Å²) in [6.45, 7) is 3.79. The lowest BCUT2D eigenvalue weighted by atomic mass is 9.86. The van der Waals surface area contributed by atoms with E-state index in [1.165, 1.54) is 10.6 Å². The van der Waals surface area contributed by atoms with Crippen molar-refractivity contribution in [1.82, 2.24) is 20.3 Å². The second-order valence-corrected chi connectivity index (χ2v) is 9.66. The molecule has 1 aromatic carbocycles. The van der Waals surface area contributed by atoms with Gasteiger partial charge in [-0.15, -0.1) is 0 Å². The zero-order chi connectivity index (χ0) is 26.1. The molecule has 1 fully saturated rings. The maximum atomic E-state index is 14.6. The molecule has 0 bridgehead atoms. The van der Waals surface area contributed by atoms with E-state index >= 15 is 0 Å². The first kappa shape index (κ1) is 23.7. The van der Waals surface area contributed by atoms with E-state index in [0.717, 1.165) is 5.56 Å². The van der Waals surface area contributed by atoms with Gasteiger partial charge in [0, 0.05) is 29.1 Å². The molecule has 2 atom stereocenters. The molecule has 3 aliphatic rings. The smallest absolute Gasteiger partial charge is 0.343 e. The maximum absolute atomic E-state index is 14.6. The number of pyridine rings is 2. The van der Waals surface area contributed by atoms with Crippen LogP contribution in [0, 0.1) is 12.7 Å². The van der Waals surface area contributed by atoms with Gasteiger partial charge < -0.3 is 24.6 Å². The summed E-state index contributed by atoms with van der Waals surface area (Å²) in [5.74, 6) is -1.46. The Balaban J connectivity index is 1.53. The van der Waals surface area contributed by atoms with Crippen LogP contribution in [0.4, 0.5) is 4.39 Å². The van der Waals surface area contributed by atoms with Crippen molar-refractivity contribution >= 4 is 22.8 Å². The minimum atomic E-state index is -1.95. The van der Waals surface area contributed by atoms with Gasteiger partial charge in [0.25, 0.3) is 5.56 Å². The van der Waals surface area contributed by atoms with Gasteiger partial charge in [0.05, 0.1) is 35.6 Å². The Kier molecular flexibility index (Phi) is 5.41. The van der Waals surface area contributed by atoms with Gasteiger partial charge in [0.2, 0.25) is 5.91 Å². The van der Waals surface area contributed by atoms with E-state index < -0.39 is 29.0 Å². The van der Waals surface area contributed by atoms with Crippen molar-refractivity contribution < 1.29 is 28.7 Å². The number of carbonyl (C=O) groups excluding carboxylic acids is 2. The standard InChI is InChI=1S/C26H25FN4O6/c1-3-26(35)17-7-21-22-15(10-31(21)24(33)16(17)11-36-25(26)34)14(9-28-23(32)19-4-5-37-30-19)13-6-12(2)18(27)8-20(13)29-22/h6-8,19,30,35H,3-5,9-11H2,1-2H3,(H,28,32)/t19-,26-/m0/s1. The Hall–Kier alpha value is -3.67. The fourth-order valence-electron chi connectivity index (χ4n) is 5.37. The molecule has 0 spiro atoms. The first-order chi connectivity index (χ1) is 17.7. The Labute approximate surface area is 210 Å². The number of hydrogen-bond donors (Lipinski definition) is 3. The highest BCUT2D eigenvalue weighted by Gasteiger charge is 2.45. The van der Waals surface area contributed by atoms with Crippen molar-refractivity contribution in [2.45, 2.75) is 58.0 Å². The summed E-state index contributed by atoms with van der Waals surface area (Å²) < 4.78 is 21.2. The largest absolute Gasteiger partial charge is 0.458 e. The molecule has 3 N–H and O–H groups in total. The lowest BCUT2D eigenvalue weighted by Gasteiger charge is -2.31. The summed E-state index contributed by atoms with van der Waals surface area (Å²) in [6, 6.07) is 4.16. The van der Waals surface area contributed by atoms with Crippen LogP contribution < -0.4 is 16.4 Å². The number of nitrogens with one attached hydrogen (secondary N) is 2. The number of benzene rings is 1. The predicted molar refractivity (Wildman–Crippen MR) is 129 cm³/mol. The number of hydroxylamine groups is 1. The molecular weight excluding hydrogens is 483 g/mol. The molecule has 11 heteroatoms. The number of hydrogen-bond acceptors (Lipinski definition) is 8. The highest BCUT2D eigenvalue weighted by molar-refractivity contribution is 5.90. The monoisotopic (exact) mass is 508 g/mol. The number of amides is 1. The zero-order valence-corrected chi connectivity index (χ0v) is 20.3. The third kappa shape index (κ3) is 3.49. The fourth-order valence-corrected chi connectivity index (χ4v) is 5.37. The summed E-state index contributed by atoms with van der Waals surface area (Å²) >= 11 is 0. The van der Waals surface area contributed by atoms with E-state index in [2.05, 4.69) is 10.8 Å². The quantitative estimate of drug-likeness (QED) is 0.353. The molecule has 3 aromatic rings. The van der Waals surface area contributed by atoms with Crippen molar-refractivity contribution in [3.8, 4) is 11.4 Å². The SMILES string of the molecule is CC[C@@]1(O)C(=O)OCc2c1cc1n(c2=O)Cc2c-1nc1cc(F)c(C)cc1c2CNC(=O)[C@@H]1CCON1. The Morgan fingerprint density at radius 3 is 2.86 bits per heavy atom. The Bertz CT molecular complexity index is 1560. The summed E-state index contributed by atoms with van der Waals surface area (Å²) in [7, 11) is 0. The van der Waals surface area contributed by atoms with E-state index in [4.69, 9.17) is 14.6 Å². The van der Waals surface area contributed by atoms with Gasteiger partial charge in [-0.1, -0.05) is 6.92 Å². The average Bonchev–Trinajstić information content (AvgIpc) is 3.54. The van der Waals surface area contributed by atoms with Crippen LogP contribution in [-0.4, -0.2) is 39.2 Å². The number of carbonyl (C=O) groups is 2. The highest BCUT2D eigenvalue weighted by atomic mass is 19.1. The van der Waals surface area contributed by atoms with Gasteiger partial charge in [0.15, 0.2) is 5.60 Å². The summed E-state index contributed by atoms with van der Waals surface area (Å²) in [4.78, 5) is 48.4. The second-order valence-electron chi connectivity index (χ2n) is 9.66. The minimum Gasteiger partial charge on any atom is -0.458 e. The molecule has 6 rings (SSSR count). The number of cyclic esters (lactones) is 1. The zero-order valence-electron chi connectivity index (χ0n) is 20.3. The number of aromatic nitrogens is 2. The van der Waals surface area contributed by atoms with Crippen LogP contribution in [-0.2, 0) is 44.5 Å². The molecule has 2 aromatic heterocycles. The molecule has 0 aliphatic carbocycles. The molecule has 192 valence electrons. The third-order valence-electron chi connectivity index (χ3n) is 7.58. The van der Waals surface area contributed by atoms with Crippen LogP contribution in [0.2, 0.25) is 0 Å². The average molecular weight is 509 g/mol. The highest BCUT2D eigenvalue weighted by Crippen LogP contribution is 2.40. The first-order valence-electron chi connectivity index (χ1n) is 12.2. The van der Waals surface area contributed by atoms with Crippen LogP contribution in [0.3, 0.4) is 0 Å². The molecule has 5 heterocycles. The molecule has 0 saturated carbocycles. The van der Waals surface area contributed by atoms with Crippen molar-refractivity contribution in [3.63, 3.8) is 0 Å². The summed E-state index contributed by atoms with van der Waals surface area (Å²) in [5, 5.41) is 14.7. The molecule has 0 unspecified atom stereocenters. The normalized spacial score (nSPS) is 21.9. The number of ether oxygens (including phenoxy) is 1. The van der Waals surface area contributed by atoms with Gasteiger partial charge in [0.1, 0.15) is 18.5 Å². The molecule has 1 amide bonds. The number of esters is 1. The molecule has 0 radical (unpaired) electrons. The van der Waals surface area contributed by atoms with Crippen LogP contribution in [0.25, 0.3) is 22.3 Å². The summed E-state index contributed by atoms with van der Waals surface area (Å²) in [5.41, 5.74) is 3.86. The van der Waals surface area contributed by atoms with Gasteiger partial charge in [-0.05, 0) is 43.0 Å². The van der Waals surface area contributed by atoms with Gasteiger partial charge in [-0.25, -0.2) is 14.2 Å². The number of fused-ring (bicyclic) bond motifs is 5. The Morgan fingerprint density at radius 1 is 1.32 bits per heavy atom. The summed E-state index contributed by atoms with van der Waals surface area (Å²) in [6.07, 6.45) is 0.569. The number of nitrogens with zero attached hydrogens (tertiary/aromatic N) is 2. The maximum Gasteiger partial charge on any atom is 0.343 e. The Morgan fingerprint density at radius 2 is 2.14 bits per heavy atom. The topological polar surface area (TPSA) is 132 Å². The molecular formula is C26H25FN4O6. The van der Waals surface area contributed by atoms with E-state index in [1.807, 2.05) is 0 Å². The second kappa shape index (κ2) is 8.44. The van der Waals surface area contributed by atoms with E-state index in [1.54, 1.807) is 26.0 Å². The van der Waals surface area contributed by atoms with Crippen LogP contribution >= 0.6 is 0 Å². The predicted octanol–water partition coefficient (Wildman–Crippen LogP) is 1.44. The van der Waals surface area contributed by atoms with Crippen molar-refractivity contribution in [2.24, 2.45) is 0 Å². The van der Waals surface area contributed by atoms with Crippen LogP contribution in [0.5, 0.6) is 0 Å². The first-order valence-corrected chi connectivity index (χ1v) is 12.2. The van der Waals surface area contributed by atoms with Crippen LogP contribution in [0.1, 0.15) is 47.6 Å². The van der Waals surface area contributed by atoms with Gasteiger partial charge in [-0.3, -0.25) is 9.59 Å². The van der Waals surface area contributed by atoms with Crippen molar-refractivity contribution in [3.05, 3.63) is 62.2 Å². The lowest BCUT2D eigenvalue weighted by Crippen LogP contribution is -2.44. The molecule has 3 aliphatic heterocycles. The van der Waals surface area contributed by atoms with Crippen molar-refractivity contribution in [2.75, 3.05) is 6.61 Å². The minimum absolute atomic E-state index is 0.0282. The van der Waals surface area contributed by atoms with E-state index in [-0.39, 0.29) is 43.2 Å². The van der Waals surface area contributed by atoms with E-state index in [9.17, 15) is 23.9 Å². The van der Waals surface area contributed by atoms with Gasteiger partial charge >= 0.3 is 5.97 Å². The number of aryl methyl sites for hydroxylation is 1. The number of aliphatic hydroxyl groups is 1. The van der Waals surface area contributed by atoms with Gasteiger partial charge in [-0.2, -0.15) is 5.48 Å². The fraction of sp³-hybridized carbons (Fsp3) is 0.385. The van der Waals surface area contributed by atoms with Crippen LogP contribution in [0.15, 0.2) is 23.0 Å². The molecule has 37 heavy (non-hydrogen) atoms.